The number of fused-ring (bicyclic) bond motifs is 1. The van der Waals surface area contributed by atoms with Gasteiger partial charge in [0.05, 0.1) is 5.56 Å². The monoisotopic (exact) mass is 259 g/mol. The molecule has 4 heteroatoms. The highest BCUT2D eigenvalue weighted by Gasteiger charge is 2.38. The molecule has 4 nitrogen and oxygen atoms in total. The molecule has 2 fully saturated rings. The highest BCUT2D eigenvalue weighted by molar-refractivity contribution is 5.96. The van der Waals surface area contributed by atoms with E-state index in [1.165, 1.54) is 31.4 Å². The lowest BCUT2D eigenvalue weighted by Crippen LogP contribution is -2.29. The number of carbonyl (C=O) groups excluding carboxylic acids is 1. The van der Waals surface area contributed by atoms with Crippen LogP contribution in [0.5, 0.6) is 0 Å². The van der Waals surface area contributed by atoms with Crippen LogP contribution in [-0.4, -0.2) is 35.0 Å². The van der Waals surface area contributed by atoms with Crippen LogP contribution in [0.2, 0.25) is 0 Å². The van der Waals surface area contributed by atoms with Crippen molar-refractivity contribution in [3.05, 3.63) is 35.4 Å². The van der Waals surface area contributed by atoms with E-state index in [0.717, 1.165) is 13.1 Å². The predicted octanol–water partition coefficient (Wildman–Crippen LogP) is 2.26. The van der Waals surface area contributed by atoms with E-state index in [1.54, 1.807) is 12.1 Å². The van der Waals surface area contributed by atoms with Crippen molar-refractivity contribution in [2.24, 2.45) is 11.8 Å². The SMILES string of the molecule is O=C(O)c1ccc(C(=O)N2C[C@H]3CCC[C@H]3C2)cc1. The number of hydrogen-bond donors (Lipinski definition) is 1. The summed E-state index contributed by atoms with van der Waals surface area (Å²) in [7, 11) is 0. The van der Waals surface area contributed by atoms with E-state index in [9.17, 15) is 9.59 Å². The first-order valence-electron chi connectivity index (χ1n) is 6.78. The zero-order chi connectivity index (χ0) is 13.4. The molecule has 0 radical (unpaired) electrons. The van der Waals surface area contributed by atoms with Gasteiger partial charge in [0.2, 0.25) is 0 Å². The first-order chi connectivity index (χ1) is 9.15. The molecule has 1 aliphatic carbocycles. The molecule has 0 spiro atoms. The summed E-state index contributed by atoms with van der Waals surface area (Å²) in [6.45, 7) is 1.73. The molecule has 100 valence electrons. The van der Waals surface area contributed by atoms with E-state index in [0.29, 0.717) is 17.4 Å². The summed E-state index contributed by atoms with van der Waals surface area (Å²) >= 11 is 0. The molecule has 1 aliphatic heterocycles. The summed E-state index contributed by atoms with van der Waals surface area (Å²) in [6.07, 6.45) is 3.78. The number of nitrogens with zero attached hydrogens (tertiary/aromatic N) is 1. The highest BCUT2D eigenvalue weighted by atomic mass is 16.4. The Labute approximate surface area is 112 Å². The van der Waals surface area contributed by atoms with Crippen molar-refractivity contribution in [1.82, 2.24) is 4.90 Å². The minimum absolute atomic E-state index is 0.0336. The molecule has 0 aromatic heterocycles. The summed E-state index contributed by atoms with van der Waals surface area (Å²) in [5.74, 6) is 0.436. The number of rotatable bonds is 2. The zero-order valence-electron chi connectivity index (χ0n) is 10.7. The highest BCUT2D eigenvalue weighted by Crippen LogP contribution is 2.38. The van der Waals surface area contributed by atoms with Gasteiger partial charge in [0, 0.05) is 18.7 Å². The number of likely N-dealkylation sites (tertiary alicyclic amines) is 1. The predicted molar refractivity (Wildman–Crippen MR) is 70.1 cm³/mol. The Bertz CT molecular complexity index is 497. The van der Waals surface area contributed by atoms with Crippen LogP contribution in [0.15, 0.2) is 24.3 Å². The standard InChI is InChI=1S/C15H17NO3/c17-14(10-4-6-11(7-5-10)15(18)19)16-8-12-2-1-3-13(12)9-16/h4-7,12-13H,1-3,8-9H2,(H,18,19)/t12-,13+. The molecular weight excluding hydrogens is 242 g/mol. The van der Waals surface area contributed by atoms with Gasteiger partial charge in [0.1, 0.15) is 0 Å². The topological polar surface area (TPSA) is 57.6 Å². The quantitative estimate of drug-likeness (QED) is 0.886. The normalized spacial score (nSPS) is 25.4. The number of carboxylic acids is 1. The van der Waals surface area contributed by atoms with E-state index < -0.39 is 5.97 Å². The molecule has 0 unspecified atom stereocenters. The molecule has 2 atom stereocenters. The molecule has 2 aliphatic rings. The van der Waals surface area contributed by atoms with E-state index in [-0.39, 0.29) is 11.5 Å². The third kappa shape index (κ3) is 2.23. The molecule has 1 heterocycles. The van der Waals surface area contributed by atoms with Gasteiger partial charge >= 0.3 is 5.97 Å². The summed E-state index contributed by atoms with van der Waals surface area (Å²) < 4.78 is 0. The van der Waals surface area contributed by atoms with E-state index in [2.05, 4.69) is 0 Å². The maximum absolute atomic E-state index is 12.3. The van der Waals surface area contributed by atoms with Gasteiger partial charge in [0.15, 0.2) is 0 Å². The average molecular weight is 259 g/mol. The van der Waals surface area contributed by atoms with E-state index >= 15 is 0 Å². The lowest BCUT2D eigenvalue weighted by Gasteiger charge is -2.17. The molecule has 1 N–H and O–H groups in total. The maximum atomic E-state index is 12.3. The third-order valence-corrected chi connectivity index (χ3v) is 4.39. The second-order valence-electron chi connectivity index (χ2n) is 5.54. The number of carboxylic acid groups (broad SMARTS) is 1. The van der Waals surface area contributed by atoms with Crippen molar-refractivity contribution < 1.29 is 14.7 Å². The van der Waals surface area contributed by atoms with Crippen molar-refractivity contribution in [3.63, 3.8) is 0 Å². The molecule has 19 heavy (non-hydrogen) atoms. The molecular formula is C15H17NO3. The summed E-state index contributed by atoms with van der Waals surface area (Å²) in [4.78, 5) is 25.0. The van der Waals surface area contributed by atoms with E-state index in [4.69, 9.17) is 5.11 Å². The van der Waals surface area contributed by atoms with Gasteiger partial charge in [-0.15, -0.1) is 0 Å². The van der Waals surface area contributed by atoms with Crippen molar-refractivity contribution in [1.29, 1.82) is 0 Å². The summed E-state index contributed by atoms with van der Waals surface area (Å²) in [6, 6.07) is 6.21. The number of benzene rings is 1. The molecule has 1 aromatic rings. The van der Waals surface area contributed by atoms with Crippen LogP contribution in [0.4, 0.5) is 0 Å². The lowest BCUT2D eigenvalue weighted by molar-refractivity contribution is 0.0695. The van der Waals surface area contributed by atoms with Crippen LogP contribution in [0.1, 0.15) is 40.0 Å². The van der Waals surface area contributed by atoms with Gasteiger partial charge in [-0.05, 0) is 48.9 Å². The third-order valence-electron chi connectivity index (χ3n) is 4.39. The molecule has 1 saturated carbocycles. The van der Waals surface area contributed by atoms with Crippen molar-refractivity contribution in [2.45, 2.75) is 19.3 Å². The van der Waals surface area contributed by atoms with E-state index in [1.807, 2.05) is 4.90 Å². The van der Waals surface area contributed by atoms with Gasteiger partial charge in [-0.1, -0.05) is 6.42 Å². The summed E-state index contributed by atoms with van der Waals surface area (Å²) in [5, 5.41) is 8.84. The Kier molecular flexibility index (Phi) is 3.01. The number of amides is 1. The zero-order valence-corrected chi connectivity index (χ0v) is 10.7. The largest absolute Gasteiger partial charge is 0.478 e. The van der Waals surface area contributed by atoms with Crippen LogP contribution < -0.4 is 0 Å². The Balaban J connectivity index is 1.72. The smallest absolute Gasteiger partial charge is 0.335 e. The Morgan fingerprint density at radius 3 is 2.05 bits per heavy atom. The molecule has 0 bridgehead atoms. The average Bonchev–Trinajstić information content (AvgIpc) is 2.98. The molecule has 1 aromatic carbocycles. The fourth-order valence-electron chi connectivity index (χ4n) is 3.34. The first-order valence-corrected chi connectivity index (χ1v) is 6.78. The second-order valence-corrected chi connectivity index (χ2v) is 5.54. The fraction of sp³-hybridized carbons (Fsp3) is 0.467. The first kappa shape index (κ1) is 12.2. The molecule has 3 rings (SSSR count). The minimum Gasteiger partial charge on any atom is -0.478 e. The maximum Gasteiger partial charge on any atom is 0.335 e. The van der Waals surface area contributed by atoms with Crippen molar-refractivity contribution in [3.8, 4) is 0 Å². The van der Waals surface area contributed by atoms with Crippen LogP contribution in [0, 0.1) is 11.8 Å². The Hall–Kier alpha value is -1.84. The number of carbonyl (C=O) groups is 2. The van der Waals surface area contributed by atoms with Crippen LogP contribution in [0.25, 0.3) is 0 Å². The fourth-order valence-corrected chi connectivity index (χ4v) is 3.34. The van der Waals surface area contributed by atoms with Crippen LogP contribution in [0.3, 0.4) is 0 Å². The van der Waals surface area contributed by atoms with Gasteiger partial charge in [0.25, 0.3) is 5.91 Å². The van der Waals surface area contributed by atoms with Crippen molar-refractivity contribution >= 4 is 11.9 Å². The van der Waals surface area contributed by atoms with Gasteiger partial charge in [-0.3, -0.25) is 4.79 Å². The number of hydrogen-bond acceptors (Lipinski definition) is 2. The van der Waals surface area contributed by atoms with Gasteiger partial charge in [-0.2, -0.15) is 0 Å². The second kappa shape index (κ2) is 4.68. The van der Waals surface area contributed by atoms with Gasteiger partial charge in [-0.25, -0.2) is 4.79 Å². The van der Waals surface area contributed by atoms with Crippen LogP contribution in [-0.2, 0) is 0 Å². The van der Waals surface area contributed by atoms with Gasteiger partial charge < -0.3 is 10.0 Å². The van der Waals surface area contributed by atoms with Crippen LogP contribution >= 0.6 is 0 Å². The lowest BCUT2D eigenvalue weighted by atomic mass is 10.0. The van der Waals surface area contributed by atoms with Crippen molar-refractivity contribution in [2.75, 3.05) is 13.1 Å². The molecule has 1 amide bonds. The summed E-state index contributed by atoms with van der Waals surface area (Å²) in [5.41, 5.74) is 0.805. The Morgan fingerprint density at radius 2 is 1.53 bits per heavy atom. The molecule has 1 saturated heterocycles. The Morgan fingerprint density at radius 1 is 1.00 bits per heavy atom. The minimum atomic E-state index is -0.963. The number of aromatic carboxylic acids is 1.